The number of ether oxygens (including phenoxy) is 1. The van der Waals surface area contributed by atoms with Crippen molar-refractivity contribution in [2.24, 2.45) is 0 Å². The number of hydrogen-bond donors (Lipinski definition) is 3. The highest BCUT2D eigenvalue weighted by Gasteiger charge is 2.07. The van der Waals surface area contributed by atoms with E-state index in [9.17, 15) is 5.11 Å². The van der Waals surface area contributed by atoms with Crippen LogP contribution in [-0.2, 0) is 0 Å². The number of nitrogens with zero attached hydrogens (tertiary/aromatic N) is 1. The van der Waals surface area contributed by atoms with Crippen molar-refractivity contribution in [3.63, 3.8) is 0 Å². The number of aliphatic hydroxyl groups excluding tert-OH is 2. The summed E-state index contributed by atoms with van der Waals surface area (Å²) >= 11 is 0. The van der Waals surface area contributed by atoms with Crippen molar-refractivity contribution in [2.75, 3.05) is 26.3 Å². The molecular formula is C13H18N2O3. The first-order chi connectivity index (χ1) is 8.77. The standard InChI is InChI=1S/C13H18N2O3/c14-8-11-4-1-2-5-13(11)18-10-12(17)9-15-6-3-7-16/h1-2,4-5,12,15-17H,3,6-7,9-10H2. The molecule has 0 fully saturated rings. The average Bonchev–Trinajstić information content (AvgIpc) is 2.41. The maximum Gasteiger partial charge on any atom is 0.137 e. The topological polar surface area (TPSA) is 85.5 Å². The lowest BCUT2D eigenvalue weighted by atomic mass is 10.2. The lowest BCUT2D eigenvalue weighted by molar-refractivity contribution is 0.106. The molecule has 0 aromatic heterocycles. The van der Waals surface area contributed by atoms with E-state index >= 15 is 0 Å². The molecule has 98 valence electrons. The molecule has 5 nitrogen and oxygen atoms in total. The van der Waals surface area contributed by atoms with E-state index in [-0.39, 0.29) is 13.2 Å². The predicted octanol–water partition coefficient (Wildman–Crippen LogP) is 0.270. The quantitative estimate of drug-likeness (QED) is 0.577. The van der Waals surface area contributed by atoms with E-state index in [2.05, 4.69) is 5.32 Å². The van der Waals surface area contributed by atoms with E-state index in [0.717, 1.165) is 0 Å². The molecular weight excluding hydrogens is 232 g/mol. The molecule has 0 aliphatic rings. The minimum Gasteiger partial charge on any atom is -0.489 e. The van der Waals surface area contributed by atoms with Gasteiger partial charge in [0.1, 0.15) is 24.5 Å². The van der Waals surface area contributed by atoms with Gasteiger partial charge in [0.05, 0.1) is 5.56 Å². The normalized spacial score (nSPS) is 11.8. The molecule has 0 aliphatic heterocycles. The summed E-state index contributed by atoms with van der Waals surface area (Å²) in [5, 5.41) is 30.1. The summed E-state index contributed by atoms with van der Waals surface area (Å²) in [7, 11) is 0. The molecule has 1 unspecified atom stereocenters. The fourth-order valence-corrected chi connectivity index (χ4v) is 1.40. The van der Waals surface area contributed by atoms with Crippen LogP contribution in [0.15, 0.2) is 24.3 Å². The van der Waals surface area contributed by atoms with Gasteiger partial charge < -0.3 is 20.3 Å². The fraction of sp³-hybridized carbons (Fsp3) is 0.462. The van der Waals surface area contributed by atoms with Crippen molar-refractivity contribution in [3.8, 4) is 11.8 Å². The molecule has 18 heavy (non-hydrogen) atoms. The van der Waals surface area contributed by atoms with Crippen LogP contribution in [0.25, 0.3) is 0 Å². The zero-order valence-corrected chi connectivity index (χ0v) is 10.2. The van der Waals surface area contributed by atoms with Gasteiger partial charge in [-0.05, 0) is 25.1 Å². The third-order valence-corrected chi connectivity index (χ3v) is 2.33. The first-order valence-electron chi connectivity index (χ1n) is 5.89. The van der Waals surface area contributed by atoms with Crippen molar-refractivity contribution >= 4 is 0 Å². The molecule has 0 saturated heterocycles. The Morgan fingerprint density at radius 1 is 1.39 bits per heavy atom. The van der Waals surface area contributed by atoms with E-state index in [1.54, 1.807) is 24.3 Å². The van der Waals surface area contributed by atoms with E-state index in [1.807, 2.05) is 6.07 Å². The summed E-state index contributed by atoms with van der Waals surface area (Å²) in [6.07, 6.45) is 0.0145. The second-order valence-corrected chi connectivity index (χ2v) is 3.85. The summed E-state index contributed by atoms with van der Waals surface area (Å²) in [6.45, 7) is 1.32. The maximum absolute atomic E-state index is 9.64. The first kappa shape index (κ1) is 14.5. The van der Waals surface area contributed by atoms with Crippen LogP contribution in [0.1, 0.15) is 12.0 Å². The van der Waals surface area contributed by atoms with Crippen LogP contribution < -0.4 is 10.1 Å². The average molecular weight is 250 g/mol. The number of benzene rings is 1. The van der Waals surface area contributed by atoms with Gasteiger partial charge >= 0.3 is 0 Å². The molecule has 1 aromatic carbocycles. The smallest absolute Gasteiger partial charge is 0.137 e. The molecule has 1 aromatic rings. The monoisotopic (exact) mass is 250 g/mol. The molecule has 0 spiro atoms. The van der Waals surface area contributed by atoms with Gasteiger partial charge in [-0.2, -0.15) is 5.26 Å². The predicted molar refractivity (Wildman–Crippen MR) is 67.2 cm³/mol. The molecule has 5 heteroatoms. The van der Waals surface area contributed by atoms with E-state index in [4.69, 9.17) is 15.1 Å². The highest BCUT2D eigenvalue weighted by molar-refractivity contribution is 5.42. The van der Waals surface area contributed by atoms with Crippen LogP contribution in [0, 0.1) is 11.3 Å². The summed E-state index contributed by atoms with van der Waals surface area (Å²) in [6, 6.07) is 8.94. The Morgan fingerprint density at radius 2 is 2.17 bits per heavy atom. The Labute approximate surface area is 107 Å². The Kier molecular flexibility index (Phi) is 6.81. The Hall–Kier alpha value is -1.61. The van der Waals surface area contributed by atoms with Crippen molar-refractivity contribution in [3.05, 3.63) is 29.8 Å². The van der Waals surface area contributed by atoms with Gasteiger partial charge in [-0.1, -0.05) is 12.1 Å². The van der Waals surface area contributed by atoms with Crippen molar-refractivity contribution < 1.29 is 14.9 Å². The highest BCUT2D eigenvalue weighted by Crippen LogP contribution is 2.16. The molecule has 1 rings (SSSR count). The largest absolute Gasteiger partial charge is 0.489 e. The molecule has 3 N–H and O–H groups in total. The second-order valence-electron chi connectivity index (χ2n) is 3.85. The van der Waals surface area contributed by atoms with Gasteiger partial charge in [0, 0.05) is 13.2 Å². The van der Waals surface area contributed by atoms with Crippen molar-refractivity contribution in [1.29, 1.82) is 5.26 Å². The van der Waals surface area contributed by atoms with Crippen LogP contribution in [0.3, 0.4) is 0 Å². The fourth-order valence-electron chi connectivity index (χ4n) is 1.40. The molecule has 0 amide bonds. The number of para-hydroxylation sites is 1. The summed E-state index contributed by atoms with van der Waals surface area (Å²) in [5.74, 6) is 0.481. The lowest BCUT2D eigenvalue weighted by Gasteiger charge is -2.13. The minimum atomic E-state index is -0.643. The van der Waals surface area contributed by atoms with Crippen molar-refractivity contribution in [1.82, 2.24) is 5.32 Å². The molecule has 0 heterocycles. The van der Waals surface area contributed by atoms with Crippen molar-refractivity contribution in [2.45, 2.75) is 12.5 Å². The van der Waals surface area contributed by atoms with Crippen LogP contribution in [0.2, 0.25) is 0 Å². The van der Waals surface area contributed by atoms with Crippen LogP contribution >= 0.6 is 0 Å². The molecule has 0 aliphatic carbocycles. The zero-order chi connectivity index (χ0) is 13.2. The van der Waals surface area contributed by atoms with Crippen LogP contribution in [0.4, 0.5) is 0 Å². The summed E-state index contributed by atoms with van der Waals surface area (Å²) in [5.41, 5.74) is 0.456. The Morgan fingerprint density at radius 3 is 2.89 bits per heavy atom. The van der Waals surface area contributed by atoms with Crippen LogP contribution in [0.5, 0.6) is 5.75 Å². The third-order valence-electron chi connectivity index (χ3n) is 2.33. The van der Waals surface area contributed by atoms with Gasteiger partial charge in [-0.3, -0.25) is 0 Å². The molecule has 0 radical (unpaired) electrons. The van der Waals surface area contributed by atoms with E-state index < -0.39 is 6.10 Å². The highest BCUT2D eigenvalue weighted by atomic mass is 16.5. The number of hydrogen-bond acceptors (Lipinski definition) is 5. The van der Waals surface area contributed by atoms with Crippen LogP contribution in [-0.4, -0.2) is 42.6 Å². The number of nitriles is 1. The van der Waals surface area contributed by atoms with Gasteiger partial charge in [0.2, 0.25) is 0 Å². The van der Waals surface area contributed by atoms with Gasteiger partial charge in [0.25, 0.3) is 0 Å². The van der Waals surface area contributed by atoms with Gasteiger partial charge in [-0.15, -0.1) is 0 Å². The lowest BCUT2D eigenvalue weighted by Crippen LogP contribution is -2.32. The van der Waals surface area contributed by atoms with E-state index in [0.29, 0.717) is 30.8 Å². The van der Waals surface area contributed by atoms with Gasteiger partial charge in [0.15, 0.2) is 0 Å². The second kappa shape index (κ2) is 8.48. The van der Waals surface area contributed by atoms with E-state index in [1.165, 1.54) is 0 Å². The summed E-state index contributed by atoms with van der Waals surface area (Å²) < 4.78 is 5.38. The molecule has 0 bridgehead atoms. The molecule has 1 atom stereocenters. The maximum atomic E-state index is 9.64. The number of nitrogens with one attached hydrogen (secondary N) is 1. The molecule has 0 saturated carbocycles. The van der Waals surface area contributed by atoms with Gasteiger partial charge in [-0.25, -0.2) is 0 Å². The Balaban J connectivity index is 2.29. The Bertz CT molecular complexity index is 390. The minimum absolute atomic E-state index is 0.130. The third kappa shape index (κ3) is 5.15. The number of rotatable bonds is 8. The number of aliphatic hydroxyl groups is 2. The SMILES string of the molecule is N#Cc1ccccc1OCC(O)CNCCCO. The first-order valence-corrected chi connectivity index (χ1v) is 5.89. The summed E-state index contributed by atoms with van der Waals surface area (Å²) in [4.78, 5) is 0. The zero-order valence-electron chi connectivity index (χ0n) is 10.2.